The average Bonchev–Trinajstić information content (AvgIpc) is 3.45. The molecular weight excluding hydrogens is 621 g/mol. The Balaban J connectivity index is 1.02. The van der Waals surface area contributed by atoms with Crippen molar-refractivity contribution in [3.63, 3.8) is 0 Å². The van der Waals surface area contributed by atoms with Gasteiger partial charge >= 0.3 is 12.2 Å². The lowest BCUT2D eigenvalue weighted by molar-refractivity contribution is 0.713. The van der Waals surface area contributed by atoms with Crippen LogP contribution in [-0.2, 0) is 0 Å². The summed E-state index contributed by atoms with van der Waals surface area (Å²) in [7, 11) is 0. The van der Waals surface area contributed by atoms with E-state index >= 15 is 0 Å². The molecule has 240 valence electrons. The van der Waals surface area contributed by atoms with Crippen molar-refractivity contribution in [2.45, 2.75) is 12.1 Å². The van der Waals surface area contributed by atoms with E-state index < -0.39 is 6.17 Å². The highest BCUT2D eigenvalue weighted by Crippen LogP contribution is 2.44. The first-order valence-electron chi connectivity index (χ1n) is 17.3. The molecule has 0 saturated heterocycles. The van der Waals surface area contributed by atoms with Gasteiger partial charge in [-0.2, -0.15) is 4.99 Å². The molecule has 4 heteroatoms. The predicted octanol–water partition coefficient (Wildman–Crippen LogP) is 11.1. The maximum absolute atomic E-state index is 5.10. The quantitative estimate of drug-likeness (QED) is 0.176. The number of hydrogen-bond donors (Lipinski definition) is 0. The Morgan fingerprint density at radius 3 is 2.04 bits per heavy atom. The second-order valence-electron chi connectivity index (χ2n) is 12.9. The van der Waals surface area contributed by atoms with E-state index in [0.717, 1.165) is 33.5 Å². The van der Waals surface area contributed by atoms with Gasteiger partial charge in [-0.15, -0.1) is 0 Å². The highest BCUT2D eigenvalue weighted by Gasteiger charge is 2.30. The van der Waals surface area contributed by atoms with Crippen molar-refractivity contribution >= 4 is 23.2 Å². The standard InChI is InChI=1S/C47H33N4/c1-3-10-32(11-4-1)33-19-23-37(24-20-33)46-49-31-44(35-12-5-2-6-13-35)50-47(51-46)38-25-21-34(22-26-38)39-14-7-15-40(30-39)41-17-8-18-43-42(41)28-27-36-16-9-29-48-45(36)43/h1-30,41-42,46H/q+1. The van der Waals surface area contributed by atoms with Gasteiger partial charge in [-0.1, -0.05) is 158 Å². The first kappa shape index (κ1) is 30.4. The highest BCUT2D eigenvalue weighted by molar-refractivity contribution is 6.20. The zero-order valence-electron chi connectivity index (χ0n) is 27.8. The molecule has 0 fully saturated rings. The molecule has 9 rings (SSSR count). The van der Waals surface area contributed by atoms with Crippen LogP contribution in [-0.4, -0.2) is 16.5 Å². The first-order valence-corrected chi connectivity index (χ1v) is 17.3. The summed E-state index contributed by atoms with van der Waals surface area (Å²) in [6.45, 7) is 0. The third kappa shape index (κ3) is 6.07. The van der Waals surface area contributed by atoms with Crippen LogP contribution in [0.25, 0.3) is 38.7 Å². The van der Waals surface area contributed by atoms with E-state index in [-0.39, 0.29) is 11.8 Å². The minimum Gasteiger partial charge on any atom is -0.256 e. The molecule has 3 aliphatic rings. The number of hydrogen-bond acceptors (Lipinski definition) is 3. The molecular formula is C47H33N4+. The van der Waals surface area contributed by atoms with Gasteiger partial charge in [-0.25, -0.2) is 4.99 Å². The van der Waals surface area contributed by atoms with Crippen LogP contribution in [0.5, 0.6) is 0 Å². The van der Waals surface area contributed by atoms with E-state index in [4.69, 9.17) is 19.8 Å². The maximum atomic E-state index is 5.10. The molecule has 3 unspecified atom stereocenters. The molecule has 0 bridgehead atoms. The van der Waals surface area contributed by atoms with Crippen LogP contribution in [0.2, 0.25) is 0 Å². The lowest BCUT2D eigenvalue weighted by Crippen LogP contribution is -2.17. The molecule has 0 spiro atoms. The topological polar surface area (TPSA) is 42.0 Å². The maximum Gasteiger partial charge on any atom is 0.392 e. The van der Waals surface area contributed by atoms with E-state index in [0.29, 0.717) is 11.5 Å². The van der Waals surface area contributed by atoms with Crippen LogP contribution in [0.15, 0.2) is 186 Å². The van der Waals surface area contributed by atoms with E-state index in [1.54, 1.807) is 0 Å². The van der Waals surface area contributed by atoms with Crippen LogP contribution in [0.1, 0.15) is 45.6 Å². The molecule has 3 atom stereocenters. The zero-order chi connectivity index (χ0) is 34.0. The Morgan fingerprint density at radius 1 is 0.549 bits per heavy atom. The lowest BCUT2D eigenvalue weighted by Gasteiger charge is -2.31. The molecule has 2 heterocycles. The van der Waals surface area contributed by atoms with Gasteiger partial charge in [0.2, 0.25) is 0 Å². The van der Waals surface area contributed by atoms with E-state index in [2.05, 4.69) is 140 Å². The largest absolute Gasteiger partial charge is 0.392 e. The smallest absolute Gasteiger partial charge is 0.256 e. The van der Waals surface area contributed by atoms with Gasteiger partial charge in [-0.3, -0.25) is 4.98 Å². The van der Waals surface area contributed by atoms with Gasteiger partial charge in [0.1, 0.15) is 0 Å². The fourth-order valence-electron chi connectivity index (χ4n) is 7.14. The Morgan fingerprint density at radius 2 is 1.24 bits per heavy atom. The van der Waals surface area contributed by atoms with Crippen LogP contribution in [0.3, 0.4) is 0 Å². The number of aromatic nitrogens is 1. The zero-order valence-corrected chi connectivity index (χ0v) is 27.8. The molecule has 0 radical (unpaired) electrons. The summed E-state index contributed by atoms with van der Waals surface area (Å²) in [6, 6.07) is 53.7. The van der Waals surface area contributed by atoms with Crippen molar-refractivity contribution in [3.8, 4) is 28.3 Å². The van der Waals surface area contributed by atoms with Crippen LogP contribution >= 0.6 is 0 Å². The van der Waals surface area contributed by atoms with Gasteiger partial charge in [-0.05, 0) is 56.4 Å². The third-order valence-corrected chi connectivity index (χ3v) is 9.80. The minimum absolute atomic E-state index is 0.233. The van der Waals surface area contributed by atoms with Crippen molar-refractivity contribution in [1.82, 2.24) is 4.98 Å². The number of benzene rings is 5. The number of fused-ring (bicyclic) bond motifs is 3. The van der Waals surface area contributed by atoms with E-state index in [1.165, 1.54) is 27.8 Å². The monoisotopic (exact) mass is 653 g/mol. The average molecular weight is 654 g/mol. The first-order chi connectivity index (χ1) is 25.3. The summed E-state index contributed by atoms with van der Waals surface area (Å²) in [5.74, 6) is 1.11. The normalized spacial score (nSPS) is 18.6. The fraction of sp³-hybridized carbons (Fsp3) is 0.0638. The Hall–Kier alpha value is -6.70. The van der Waals surface area contributed by atoms with Crippen molar-refractivity contribution in [3.05, 3.63) is 214 Å². The summed E-state index contributed by atoms with van der Waals surface area (Å²) < 4.78 is 0. The Bertz CT molecular complexity index is 2460. The number of allylic oxidation sites excluding steroid dienone is 5. The summed E-state index contributed by atoms with van der Waals surface area (Å²) in [6.07, 6.45) is 12.7. The van der Waals surface area contributed by atoms with Crippen molar-refractivity contribution in [1.29, 1.82) is 0 Å². The minimum atomic E-state index is -0.468. The fourth-order valence-corrected chi connectivity index (χ4v) is 7.14. The van der Waals surface area contributed by atoms with Gasteiger partial charge in [0.25, 0.3) is 0 Å². The molecule has 0 amide bonds. The summed E-state index contributed by atoms with van der Waals surface area (Å²) in [4.78, 5) is 19.7. The molecule has 6 aromatic rings. The predicted molar refractivity (Wildman–Crippen MR) is 210 cm³/mol. The van der Waals surface area contributed by atoms with Crippen molar-refractivity contribution in [2.75, 3.05) is 0 Å². The molecule has 0 N–H and O–H groups in total. The molecule has 2 aliphatic carbocycles. The molecule has 4 nitrogen and oxygen atoms in total. The second kappa shape index (κ2) is 13.3. The Labute approximate surface area is 298 Å². The van der Waals surface area contributed by atoms with Gasteiger partial charge in [0, 0.05) is 34.7 Å². The highest BCUT2D eigenvalue weighted by atomic mass is 15.1. The molecule has 5 aromatic carbocycles. The molecule has 1 aromatic heterocycles. The third-order valence-electron chi connectivity index (χ3n) is 9.80. The van der Waals surface area contributed by atoms with Gasteiger partial charge < -0.3 is 0 Å². The van der Waals surface area contributed by atoms with Crippen LogP contribution < -0.4 is 0 Å². The summed E-state index contributed by atoms with van der Waals surface area (Å²) in [5, 5.41) is 0. The second-order valence-corrected chi connectivity index (χ2v) is 12.9. The van der Waals surface area contributed by atoms with Crippen molar-refractivity contribution < 1.29 is 0 Å². The molecule has 0 saturated carbocycles. The Kier molecular flexibility index (Phi) is 7.92. The molecule has 1 aliphatic heterocycles. The van der Waals surface area contributed by atoms with Crippen LogP contribution in [0, 0.1) is 12.0 Å². The van der Waals surface area contributed by atoms with Crippen LogP contribution in [0.4, 0.5) is 0 Å². The number of aliphatic imine (C=N–C) groups is 2. The van der Waals surface area contributed by atoms with E-state index in [1.807, 2.05) is 48.7 Å². The summed E-state index contributed by atoms with van der Waals surface area (Å²) in [5.41, 5.74) is 13.0. The number of amidine groups is 1. The van der Waals surface area contributed by atoms with Gasteiger partial charge in [0.15, 0.2) is 11.5 Å². The van der Waals surface area contributed by atoms with Gasteiger partial charge in [0.05, 0.1) is 11.3 Å². The molecule has 51 heavy (non-hydrogen) atoms. The number of pyridine rings is 1. The summed E-state index contributed by atoms with van der Waals surface area (Å²) >= 11 is 0. The lowest BCUT2D eigenvalue weighted by atomic mass is 9.73. The number of nitrogens with zero attached hydrogens (tertiary/aromatic N) is 4. The SMILES string of the molecule is C1#[N+]C(c2ccc(-c3ccccc3)cc2)N=C(c2ccc(-c3cccc(C4C=CC=C5c6ncccc6C=CC54)c3)cc2)N=C1c1ccccc1. The van der Waals surface area contributed by atoms with E-state index in [9.17, 15) is 0 Å². The number of rotatable bonds is 6. The van der Waals surface area contributed by atoms with Crippen molar-refractivity contribution in [2.24, 2.45) is 15.9 Å².